The summed E-state index contributed by atoms with van der Waals surface area (Å²) >= 11 is 0. The van der Waals surface area contributed by atoms with Crippen molar-refractivity contribution < 1.29 is 37.9 Å². The molecule has 0 aliphatic heterocycles. The van der Waals surface area contributed by atoms with Gasteiger partial charge in [-0.25, -0.2) is 4.57 Å². The number of phosphoric ester groups is 1. The molecule has 0 aliphatic carbocycles. The lowest BCUT2D eigenvalue weighted by Gasteiger charge is -2.15. The Morgan fingerprint density at radius 1 is 0.771 bits per heavy atom. The standard InChI is InChI=1S/C25H50NO8P/c1-3-5-7-8-9-10-11-12-13-14-16-18-25(29)32-21-23(27)22-34-35(30,31)33-20-19-26-24(28)17-15-6-4-2/h23,27H,3-22H2,1-2H3,(H,26,28)(H,30,31). The normalized spacial score (nSPS) is 13.8. The summed E-state index contributed by atoms with van der Waals surface area (Å²) in [6, 6.07) is 0. The van der Waals surface area contributed by atoms with E-state index in [-0.39, 0.29) is 32.1 Å². The van der Waals surface area contributed by atoms with Crippen LogP contribution in [0.1, 0.15) is 117 Å². The molecule has 1 amide bonds. The Balaban J connectivity index is 3.66. The van der Waals surface area contributed by atoms with Crippen molar-refractivity contribution in [1.29, 1.82) is 0 Å². The first-order chi connectivity index (χ1) is 16.8. The molecular formula is C25H50NO8P. The van der Waals surface area contributed by atoms with E-state index in [2.05, 4.69) is 12.2 Å². The van der Waals surface area contributed by atoms with Crippen LogP contribution in [0, 0.1) is 0 Å². The van der Waals surface area contributed by atoms with Crippen molar-refractivity contribution in [2.45, 2.75) is 123 Å². The molecule has 0 heterocycles. The van der Waals surface area contributed by atoms with Gasteiger partial charge in [0, 0.05) is 19.4 Å². The highest BCUT2D eigenvalue weighted by Gasteiger charge is 2.23. The molecule has 0 saturated carbocycles. The summed E-state index contributed by atoms with van der Waals surface area (Å²) in [4.78, 5) is 33.0. The molecule has 0 aromatic heterocycles. The van der Waals surface area contributed by atoms with Gasteiger partial charge in [0.05, 0.1) is 13.2 Å². The number of unbranched alkanes of at least 4 members (excludes halogenated alkanes) is 12. The molecule has 0 fully saturated rings. The van der Waals surface area contributed by atoms with Crippen molar-refractivity contribution >= 4 is 19.7 Å². The number of nitrogens with one attached hydrogen (secondary N) is 1. The van der Waals surface area contributed by atoms with Crippen LogP contribution in [0.25, 0.3) is 0 Å². The van der Waals surface area contributed by atoms with Crippen LogP contribution in [0.5, 0.6) is 0 Å². The number of hydrogen-bond acceptors (Lipinski definition) is 7. The van der Waals surface area contributed by atoms with E-state index >= 15 is 0 Å². The van der Waals surface area contributed by atoms with E-state index in [0.717, 1.165) is 38.5 Å². The fourth-order valence-corrected chi connectivity index (χ4v) is 4.19. The summed E-state index contributed by atoms with van der Waals surface area (Å²) in [6.45, 7) is 3.33. The smallest absolute Gasteiger partial charge is 0.463 e. The maximum atomic E-state index is 11.8. The van der Waals surface area contributed by atoms with E-state index in [1.54, 1.807) is 0 Å². The van der Waals surface area contributed by atoms with Crippen molar-refractivity contribution in [3.63, 3.8) is 0 Å². The van der Waals surface area contributed by atoms with Crippen LogP contribution >= 0.6 is 7.82 Å². The van der Waals surface area contributed by atoms with Gasteiger partial charge in [-0.2, -0.15) is 0 Å². The predicted molar refractivity (Wildman–Crippen MR) is 137 cm³/mol. The number of esters is 1. The van der Waals surface area contributed by atoms with Gasteiger partial charge in [0.2, 0.25) is 5.91 Å². The lowest BCUT2D eigenvalue weighted by atomic mass is 10.1. The van der Waals surface area contributed by atoms with Gasteiger partial charge in [-0.05, 0) is 12.8 Å². The van der Waals surface area contributed by atoms with Crippen molar-refractivity contribution in [1.82, 2.24) is 5.32 Å². The lowest BCUT2D eigenvalue weighted by Crippen LogP contribution is -2.27. The average molecular weight is 524 g/mol. The van der Waals surface area contributed by atoms with E-state index < -0.39 is 26.5 Å². The van der Waals surface area contributed by atoms with Crippen LogP contribution in [0.2, 0.25) is 0 Å². The molecule has 0 aliphatic rings. The van der Waals surface area contributed by atoms with E-state index in [4.69, 9.17) is 13.8 Å². The highest BCUT2D eigenvalue weighted by molar-refractivity contribution is 7.47. The number of hydrogen-bond donors (Lipinski definition) is 3. The summed E-state index contributed by atoms with van der Waals surface area (Å²) < 4.78 is 26.3. The minimum absolute atomic E-state index is 0.0814. The fourth-order valence-electron chi connectivity index (χ4n) is 3.44. The van der Waals surface area contributed by atoms with Gasteiger partial charge < -0.3 is 20.1 Å². The SMILES string of the molecule is CCCCCCCCCCCCCC(=O)OCC(O)COP(=O)(O)OCCNC(=O)CCCCC. The minimum atomic E-state index is -4.37. The number of aliphatic hydroxyl groups excluding tert-OH is 1. The zero-order valence-corrected chi connectivity index (χ0v) is 22.9. The quantitative estimate of drug-likeness (QED) is 0.0821. The van der Waals surface area contributed by atoms with Gasteiger partial charge in [-0.3, -0.25) is 18.6 Å². The maximum Gasteiger partial charge on any atom is 0.472 e. The van der Waals surface area contributed by atoms with Crippen molar-refractivity contribution in [2.24, 2.45) is 0 Å². The monoisotopic (exact) mass is 523 g/mol. The molecule has 9 nitrogen and oxygen atoms in total. The third-order valence-electron chi connectivity index (χ3n) is 5.54. The van der Waals surface area contributed by atoms with Crippen molar-refractivity contribution in [2.75, 3.05) is 26.4 Å². The van der Waals surface area contributed by atoms with E-state index in [1.165, 1.54) is 51.4 Å². The molecule has 0 aromatic carbocycles. The highest BCUT2D eigenvalue weighted by atomic mass is 31.2. The van der Waals surface area contributed by atoms with Gasteiger partial charge in [0.25, 0.3) is 0 Å². The topological polar surface area (TPSA) is 131 Å². The first kappa shape index (κ1) is 34.0. The minimum Gasteiger partial charge on any atom is -0.463 e. The molecule has 0 spiro atoms. The summed E-state index contributed by atoms with van der Waals surface area (Å²) in [5.74, 6) is -0.542. The molecule has 0 saturated heterocycles. The van der Waals surface area contributed by atoms with Gasteiger partial charge in [-0.15, -0.1) is 0 Å². The molecule has 2 unspecified atom stereocenters. The number of ether oxygens (including phenoxy) is 1. The third kappa shape index (κ3) is 24.5. The molecule has 3 N–H and O–H groups in total. The molecule has 10 heteroatoms. The Labute approximate surface area is 212 Å². The van der Waals surface area contributed by atoms with E-state index in [9.17, 15) is 24.2 Å². The number of carbonyl (C=O) groups excluding carboxylic acids is 2. The summed E-state index contributed by atoms with van der Waals surface area (Å²) in [7, 11) is -4.37. The summed E-state index contributed by atoms with van der Waals surface area (Å²) in [6.07, 6.45) is 15.4. The molecule has 0 rings (SSSR count). The summed E-state index contributed by atoms with van der Waals surface area (Å²) in [5, 5.41) is 12.4. The second kappa shape index (κ2) is 23.4. The molecule has 0 bridgehead atoms. The van der Waals surface area contributed by atoms with Crippen LogP contribution in [-0.4, -0.2) is 54.3 Å². The first-order valence-electron chi connectivity index (χ1n) is 13.5. The predicted octanol–water partition coefficient (Wildman–Crippen LogP) is 5.42. The zero-order chi connectivity index (χ0) is 26.2. The van der Waals surface area contributed by atoms with Crippen LogP contribution in [0.3, 0.4) is 0 Å². The Kier molecular flexibility index (Phi) is 22.7. The number of amides is 1. The van der Waals surface area contributed by atoms with Gasteiger partial charge in [-0.1, -0.05) is 90.9 Å². The molecular weight excluding hydrogens is 473 g/mol. The fraction of sp³-hybridized carbons (Fsp3) is 0.920. The van der Waals surface area contributed by atoms with Crippen molar-refractivity contribution in [3.8, 4) is 0 Å². The molecule has 35 heavy (non-hydrogen) atoms. The van der Waals surface area contributed by atoms with Crippen LogP contribution in [0.4, 0.5) is 0 Å². The lowest BCUT2D eigenvalue weighted by molar-refractivity contribution is -0.147. The second-order valence-electron chi connectivity index (χ2n) is 9.03. The third-order valence-corrected chi connectivity index (χ3v) is 6.52. The second-order valence-corrected chi connectivity index (χ2v) is 10.5. The Morgan fingerprint density at radius 2 is 1.29 bits per heavy atom. The molecule has 208 valence electrons. The van der Waals surface area contributed by atoms with Crippen LogP contribution in [-0.2, 0) is 27.9 Å². The number of carbonyl (C=O) groups is 2. The van der Waals surface area contributed by atoms with Gasteiger partial charge >= 0.3 is 13.8 Å². The zero-order valence-electron chi connectivity index (χ0n) is 22.0. The Hall–Kier alpha value is -0.990. The van der Waals surface area contributed by atoms with Gasteiger partial charge in [0.1, 0.15) is 12.7 Å². The molecule has 0 aromatic rings. The maximum absolute atomic E-state index is 11.8. The Morgan fingerprint density at radius 3 is 1.89 bits per heavy atom. The van der Waals surface area contributed by atoms with E-state index in [1.807, 2.05) is 6.92 Å². The number of rotatable bonds is 25. The molecule has 2 atom stereocenters. The average Bonchev–Trinajstić information content (AvgIpc) is 2.83. The molecule has 0 radical (unpaired) electrons. The van der Waals surface area contributed by atoms with Gasteiger partial charge in [0.15, 0.2) is 0 Å². The highest BCUT2D eigenvalue weighted by Crippen LogP contribution is 2.42. The van der Waals surface area contributed by atoms with Crippen LogP contribution < -0.4 is 5.32 Å². The van der Waals surface area contributed by atoms with Crippen molar-refractivity contribution in [3.05, 3.63) is 0 Å². The van der Waals surface area contributed by atoms with E-state index in [0.29, 0.717) is 6.42 Å². The van der Waals surface area contributed by atoms with Crippen LogP contribution in [0.15, 0.2) is 0 Å². The Bertz CT molecular complexity index is 576. The summed E-state index contributed by atoms with van der Waals surface area (Å²) in [5.41, 5.74) is 0. The largest absolute Gasteiger partial charge is 0.472 e. The number of phosphoric acid groups is 1. The number of aliphatic hydroxyl groups is 1. The first-order valence-corrected chi connectivity index (χ1v) is 15.0.